The highest BCUT2D eigenvalue weighted by atomic mass is 32.2. The summed E-state index contributed by atoms with van der Waals surface area (Å²) in [4.78, 5) is 0. The third-order valence-corrected chi connectivity index (χ3v) is 2.60. The molecule has 0 aromatic heterocycles. The van der Waals surface area contributed by atoms with E-state index >= 15 is 0 Å². The summed E-state index contributed by atoms with van der Waals surface area (Å²) in [6.45, 7) is 4.11. The number of benzene rings is 1. The summed E-state index contributed by atoms with van der Waals surface area (Å²) >= 11 is -2.23. The van der Waals surface area contributed by atoms with E-state index < -0.39 is 16.5 Å². The van der Waals surface area contributed by atoms with Crippen LogP contribution in [0, 0.1) is 6.92 Å². The number of rotatable bonds is 4. The Morgan fingerprint density at radius 2 is 2.00 bits per heavy atom. The Hall–Kier alpha value is -0.710. The lowest BCUT2D eigenvalue weighted by molar-refractivity contribution is 0.116. The molecule has 4 heteroatoms. The molecular weight excluding hydrogens is 200 g/mol. The summed E-state index contributed by atoms with van der Waals surface area (Å²) in [7, 11) is 0. The fourth-order valence-electron chi connectivity index (χ4n) is 1.14. The first-order valence-corrected chi connectivity index (χ1v) is 5.55. The zero-order valence-corrected chi connectivity index (χ0v) is 9.04. The Kier molecular flexibility index (Phi) is 4.25. The van der Waals surface area contributed by atoms with Gasteiger partial charge in [0.1, 0.15) is 5.44 Å². The molecule has 0 aliphatic rings. The molecule has 78 valence electrons. The van der Waals surface area contributed by atoms with Crippen molar-refractivity contribution in [3.63, 3.8) is 0 Å². The Morgan fingerprint density at radius 3 is 2.43 bits per heavy atom. The molecule has 0 bridgehead atoms. The molecule has 0 saturated heterocycles. The van der Waals surface area contributed by atoms with Gasteiger partial charge in [-0.15, -0.1) is 0 Å². The molecule has 0 aliphatic heterocycles. The van der Waals surface area contributed by atoms with E-state index in [0.717, 1.165) is 5.56 Å². The van der Waals surface area contributed by atoms with Crippen LogP contribution in [0.25, 0.3) is 0 Å². The van der Waals surface area contributed by atoms with E-state index in [1.807, 2.05) is 19.1 Å². The summed E-state index contributed by atoms with van der Waals surface area (Å²) in [6.07, 6.45) is 0. The zero-order chi connectivity index (χ0) is 10.6. The van der Waals surface area contributed by atoms with Gasteiger partial charge in [-0.2, -0.15) is 0 Å². The highest BCUT2D eigenvalue weighted by Gasteiger charge is 2.10. The van der Waals surface area contributed by atoms with Crippen molar-refractivity contribution < 1.29 is 13.5 Å². The van der Waals surface area contributed by atoms with Crippen molar-refractivity contribution in [2.45, 2.75) is 19.3 Å². The first-order chi connectivity index (χ1) is 6.65. The summed E-state index contributed by atoms with van der Waals surface area (Å²) in [5, 5.41) is 0. The molecule has 0 saturated carbocycles. The fraction of sp³-hybridized carbons (Fsp3) is 0.400. The Labute approximate surface area is 86.4 Å². The van der Waals surface area contributed by atoms with Crippen molar-refractivity contribution >= 4 is 11.1 Å². The summed E-state index contributed by atoms with van der Waals surface area (Å²) < 4.78 is 26.8. The number of hydrogen-bond acceptors (Lipinski definition) is 3. The van der Waals surface area contributed by atoms with Crippen LogP contribution in [0.15, 0.2) is 24.3 Å². The van der Waals surface area contributed by atoms with Crippen LogP contribution < -0.4 is 0 Å². The second-order valence-electron chi connectivity index (χ2n) is 2.96. The predicted octanol–water partition coefficient (Wildman–Crippen LogP) is 1.91. The van der Waals surface area contributed by atoms with Gasteiger partial charge in [-0.25, -0.2) is 0 Å². The largest absolute Gasteiger partial charge is 0.770 e. The van der Waals surface area contributed by atoms with E-state index in [4.69, 9.17) is 4.74 Å². The molecule has 3 nitrogen and oxygen atoms in total. The first-order valence-electron chi connectivity index (χ1n) is 4.41. The van der Waals surface area contributed by atoms with Gasteiger partial charge in [0.15, 0.2) is 0 Å². The maximum absolute atomic E-state index is 10.8. The fourth-order valence-corrected chi connectivity index (χ4v) is 1.76. The lowest BCUT2D eigenvalue weighted by Gasteiger charge is -2.19. The minimum Gasteiger partial charge on any atom is -0.770 e. The van der Waals surface area contributed by atoms with E-state index in [-0.39, 0.29) is 0 Å². The Bertz CT molecular complexity index is 308. The number of ether oxygens (including phenoxy) is 1. The third-order valence-electron chi connectivity index (χ3n) is 1.84. The van der Waals surface area contributed by atoms with Crippen molar-refractivity contribution in [2.75, 3.05) is 6.61 Å². The molecule has 0 fully saturated rings. The molecule has 14 heavy (non-hydrogen) atoms. The second-order valence-corrected chi connectivity index (χ2v) is 3.91. The van der Waals surface area contributed by atoms with Gasteiger partial charge >= 0.3 is 0 Å². The standard InChI is InChI=1S/C10H14O3S/c1-3-13-10(14(11)12)9-6-4-8(2)5-7-9/h4-7,10H,3H2,1-2H3,(H,11,12)/p-1. The molecule has 0 spiro atoms. The maximum atomic E-state index is 10.8. The highest BCUT2D eigenvalue weighted by Crippen LogP contribution is 2.20. The van der Waals surface area contributed by atoms with Gasteiger partial charge in [0.2, 0.25) is 0 Å². The van der Waals surface area contributed by atoms with Crippen LogP contribution in [0.1, 0.15) is 23.5 Å². The Balaban J connectivity index is 2.87. The molecule has 1 aromatic rings. The SMILES string of the molecule is CCOC(c1ccc(C)cc1)S(=O)[O-]. The summed E-state index contributed by atoms with van der Waals surface area (Å²) in [5.74, 6) is 0. The molecule has 0 heterocycles. The maximum Gasteiger partial charge on any atom is 0.144 e. The smallest absolute Gasteiger partial charge is 0.144 e. The lowest BCUT2D eigenvalue weighted by atomic mass is 10.2. The molecule has 1 aromatic carbocycles. The van der Waals surface area contributed by atoms with Crippen LogP contribution in [0.4, 0.5) is 0 Å². The van der Waals surface area contributed by atoms with Crippen molar-refractivity contribution in [1.29, 1.82) is 0 Å². The molecule has 2 unspecified atom stereocenters. The predicted molar refractivity (Wildman–Crippen MR) is 54.5 cm³/mol. The van der Waals surface area contributed by atoms with Gasteiger partial charge in [0.05, 0.1) is 0 Å². The highest BCUT2D eigenvalue weighted by molar-refractivity contribution is 7.79. The van der Waals surface area contributed by atoms with Crippen molar-refractivity contribution in [3.05, 3.63) is 35.4 Å². The van der Waals surface area contributed by atoms with Crippen LogP contribution in [0.2, 0.25) is 0 Å². The van der Waals surface area contributed by atoms with E-state index in [2.05, 4.69) is 0 Å². The van der Waals surface area contributed by atoms with Crippen LogP contribution >= 0.6 is 0 Å². The van der Waals surface area contributed by atoms with Gasteiger partial charge in [-0.05, 0) is 30.5 Å². The topological polar surface area (TPSA) is 49.4 Å². The molecule has 0 radical (unpaired) electrons. The van der Waals surface area contributed by atoms with Crippen LogP contribution in [-0.2, 0) is 15.8 Å². The van der Waals surface area contributed by atoms with Crippen molar-refractivity contribution in [2.24, 2.45) is 0 Å². The average Bonchev–Trinajstić information content (AvgIpc) is 2.15. The van der Waals surface area contributed by atoms with E-state index in [1.54, 1.807) is 19.1 Å². The molecular formula is C10H13O3S-. The number of aryl methyl sites for hydroxylation is 1. The van der Waals surface area contributed by atoms with Gasteiger partial charge in [0.25, 0.3) is 0 Å². The zero-order valence-electron chi connectivity index (χ0n) is 8.23. The van der Waals surface area contributed by atoms with Gasteiger partial charge < -0.3 is 9.29 Å². The first kappa shape index (κ1) is 11.4. The third kappa shape index (κ3) is 2.90. The monoisotopic (exact) mass is 213 g/mol. The average molecular weight is 213 g/mol. The second kappa shape index (κ2) is 5.24. The molecule has 0 N–H and O–H groups in total. The molecule has 0 amide bonds. The number of hydrogen-bond donors (Lipinski definition) is 0. The van der Waals surface area contributed by atoms with E-state index in [1.165, 1.54) is 0 Å². The van der Waals surface area contributed by atoms with E-state index in [9.17, 15) is 8.76 Å². The van der Waals surface area contributed by atoms with Crippen LogP contribution in [-0.4, -0.2) is 15.4 Å². The minimum atomic E-state index is -2.23. The van der Waals surface area contributed by atoms with Crippen molar-refractivity contribution in [3.8, 4) is 0 Å². The van der Waals surface area contributed by atoms with Gasteiger partial charge in [-0.3, -0.25) is 4.21 Å². The Morgan fingerprint density at radius 1 is 1.43 bits per heavy atom. The molecule has 0 aliphatic carbocycles. The summed E-state index contributed by atoms with van der Waals surface area (Å²) in [6, 6.07) is 7.28. The van der Waals surface area contributed by atoms with Gasteiger partial charge in [0, 0.05) is 6.61 Å². The van der Waals surface area contributed by atoms with Gasteiger partial charge in [-0.1, -0.05) is 29.8 Å². The molecule has 2 atom stereocenters. The lowest BCUT2D eigenvalue weighted by Crippen LogP contribution is -2.10. The molecule has 1 rings (SSSR count). The van der Waals surface area contributed by atoms with Crippen LogP contribution in [0.5, 0.6) is 0 Å². The van der Waals surface area contributed by atoms with Crippen LogP contribution in [0.3, 0.4) is 0 Å². The minimum absolute atomic E-state index is 0.381. The summed E-state index contributed by atoms with van der Waals surface area (Å²) in [5.41, 5.74) is 0.923. The van der Waals surface area contributed by atoms with Crippen molar-refractivity contribution in [1.82, 2.24) is 0 Å². The quantitative estimate of drug-likeness (QED) is 0.718. The normalized spacial score (nSPS) is 15.1. The van der Waals surface area contributed by atoms with E-state index in [0.29, 0.717) is 12.2 Å².